The highest BCUT2D eigenvalue weighted by molar-refractivity contribution is 7.89. The van der Waals surface area contributed by atoms with Crippen LogP contribution in [0.4, 0.5) is 14.5 Å². The second-order valence-electron chi connectivity index (χ2n) is 3.84. The zero-order chi connectivity index (χ0) is 14.6. The Morgan fingerprint density at radius 3 is 2.58 bits per heavy atom. The lowest BCUT2D eigenvalue weighted by Crippen LogP contribution is -2.27. The van der Waals surface area contributed by atoms with Crippen molar-refractivity contribution in [3.8, 4) is 0 Å². The Morgan fingerprint density at radius 1 is 1.37 bits per heavy atom. The van der Waals surface area contributed by atoms with E-state index in [9.17, 15) is 21.4 Å². The van der Waals surface area contributed by atoms with Gasteiger partial charge in [0, 0.05) is 35.0 Å². The van der Waals surface area contributed by atoms with Crippen molar-refractivity contribution in [1.29, 1.82) is 0 Å². The van der Waals surface area contributed by atoms with E-state index >= 15 is 0 Å². The molecule has 5 nitrogen and oxygen atoms in total. The summed E-state index contributed by atoms with van der Waals surface area (Å²) in [5.74, 6) is -2.48. The van der Waals surface area contributed by atoms with Crippen molar-refractivity contribution >= 4 is 26.5 Å². The molecule has 0 aliphatic heterocycles. The van der Waals surface area contributed by atoms with Gasteiger partial charge in [0.2, 0.25) is 10.0 Å². The molecule has 0 amide bonds. The maximum absolute atomic E-state index is 13.4. The van der Waals surface area contributed by atoms with Crippen molar-refractivity contribution in [3.63, 3.8) is 0 Å². The number of nitrogens with one attached hydrogen (secondary N) is 1. The SMILES string of the molecule is CS(=O)CCCNS(=O)(=O)c1cc(N)cc(F)c1F. The first-order chi connectivity index (χ1) is 8.74. The zero-order valence-corrected chi connectivity index (χ0v) is 11.8. The van der Waals surface area contributed by atoms with Gasteiger partial charge in [0.05, 0.1) is 0 Å². The highest BCUT2D eigenvalue weighted by Crippen LogP contribution is 2.20. The van der Waals surface area contributed by atoms with E-state index in [1.807, 2.05) is 0 Å². The average Bonchev–Trinajstić information content (AvgIpc) is 2.29. The Morgan fingerprint density at radius 2 is 2.00 bits per heavy atom. The summed E-state index contributed by atoms with van der Waals surface area (Å²) in [6, 6.07) is 1.55. The van der Waals surface area contributed by atoms with Gasteiger partial charge in [-0.1, -0.05) is 0 Å². The monoisotopic (exact) mass is 312 g/mol. The van der Waals surface area contributed by atoms with Gasteiger partial charge < -0.3 is 5.73 Å². The summed E-state index contributed by atoms with van der Waals surface area (Å²) < 4.78 is 62.9. The zero-order valence-electron chi connectivity index (χ0n) is 10.2. The lowest BCUT2D eigenvalue weighted by atomic mass is 10.3. The predicted molar refractivity (Wildman–Crippen MR) is 69.5 cm³/mol. The summed E-state index contributed by atoms with van der Waals surface area (Å²) >= 11 is 0. The molecule has 1 atom stereocenters. The molecule has 0 heterocycles. The highest BCUT2D eigenvalue weighted by Gasteiger charge is 2.22. The van der Waals surface area contributed by atoms with Crippen LogP contribution in [-0.4, -0.2) is 31.2 Å². The molecule has 9 heteroatoms. The summed E-state index contributed by atoms with van der Waals surface area (Å²) in [4.78, 5) is -0.831. The van der Waals surface area contributed by atoms with E-state index in [0.717, 1.165) is 6.07 Å². The molecule has 0 aliphatic rings. The largest absolute Gasteiger partial charge is 0.399 e. The maximum Gasteiger partial charge on any atom is 0.243 e. The van der Waals surface area contributed by atoms with Crippen molar-refractivity contribution in [2.24, 2.45) is 0 Å². The first-order valence-corrected chi connectivity index (χ1v) is 8.49. The molecule has 0 spiro atoms. The fourth-order valence-corrected chi connectivity index (χ4v) is 3.08. The van der Waals surface area contributed by atoms with Gasteiger partial charge in [-0.15, -0.1) is 0 Å². The molecule has 1 aromatic carbocycles. The average molecular weight is 312 g/mol. The van der Waals surface area contributed by atoms with Crippen LogP contribution >= 0.6 is 0 Å². The van der Waals surface area contributed by atoms with Crippen LogP contribution in [0, 0.1) is 11.6 Å². The van der Waals surface area contributed by atoms with Crippen molar-refractivity contribution in [3.05, 3.63) is 23.8 Å². The minimum Gasteiger partial charge on any atom is -0.399 e. The lowest BCUT2D eigenvalue weighted by molar-refractivity contribution is 0.484. The number of rotatable bonds is 6. The summed E-state index contributed by atoms with van der Waals surface area (Å²) in [7, 11) is -5.22. The number of anilines is 1. The normalized spacial score (nSPS) is 13.4. The quantitative estimate of drug-likeness (QED) is 0.594. The molecule has 0 aromatic heterocycles. The third-order valence-electron chi connectivity index (χ3n) is 2.21. The van der Waals surface area contributed by atoms with Crippen LogP contribution in [0.15, 0.2) is 17.0 Å². The highest BCUT2D eigenvalue weighted by atomic mass is 32.2. The molecule has 108 valence electrons. The predicted octanol–water partition coefficient (Wildman–Crippen LogP) is 0.594. The lowest BCUT2D eigenvalue weighted by Gasteiger charge is -2.08. The van der Waals surface area contributed by atoms with Gasteiger partial charge in [0.1, 0.15) is 4.90 Å². The molecule has 0 aliphatic carbocycles. The molecular weight excluding hydrogens is 298 g/mol. The molecule has 3 N–H and O–H groups in total. The topological polar surface area (TPSA) is 89.3 Å². The van der Waals surface area contributed by atoms with E-state index in [0.29, 0.717) is 18.2 Å². The van der Waals surface area contributed by atoms with Gasteiger partial charge >= 0.3 is 0 Å². The molecule has 0 saturated carbocycles. The summed E-state index contributed by atoms with van der Waals surface area (Å²) in [6.45, 7) is -0.0161. The molecular formula is C10H14F2N2O3S2. The molecule has 1 unspecified atom stereocenters. The van der Waals surface area contributed by atoms with Gasteiger partial charge in [-0.3, -0.25) is 4.21 Å². The molecule has 0 bridgehead atoms. The number of nitrogens with two attached hydrogens (primary N) is 1. The van der Waals surface area contributed by atoms with Gasteiger partial charge in [-0.2, -0.15) is 0 Å². The Labute approximate surface area is 112 Å². The van der Waals surface area contributed by atoms with Crippen LogP contribution in [0.5, 0.6) is 0 Å². The molecule has 0 radical (unpaired) electrons. The fraction of sp³-hybridized carbons (Fsp3) is 0.400. The Balaban J connectivity index is 2.86. The van der Waals surface area contributed by atoms with E-state index in [4.69, 9.17) is 5.73 Å². The Bertz CT molecular complexity index is 591. The maximum atomic E-state index is 13.4. The van der Waals surface area contributed by atoms with E-state index in [1.54, 1.807) is 0 Å². The molecule has 0 fully saturated rings. The first kappa shape index (κ1) is 16.0. The smallest absolute Gasteiger partial charge is 0.243 e. The third kappa shape index (κ3) is 4.51. The number of benzene rings is 1. The minimum absolute atomic E-state index is 0.0161. The number of halogens is 2. The fourth-order valence-electron chi connectivity index (χ4n) is 1.34. The minimum atomic E-state index is -4.18. The number of sulfonamides is 1. The van der Waals surface area contributed by atoms with Crippen LogP contribution in [0.1, 0.15) is 6.42 Å². The molecule has 1 rings (SSSR count). The van der Waals surface area contributed by atoms with E-state index < -0.39 is 37.4 Å². The van der Waals surface area contributed by atoms with Crippen molar-refractivity contribution in [1.82, 2.24) is 4.72 Å². The van der Waals surface area contributed by atoms with Gasteiger partial charge in [-0.05, 0) is 18.6 Å². The summed E-state index contributed by atoms with van der Waals surface area (Å²) in [5, 5.41) is 0. The molecule has 0 saturated heterocycles. The second kappa shape index (κ2) is 6.40. The molecule has 1 aromatic rings. The molecule has 19 heavy (non-hydrogen) atoms. The van der Waals surface area contributed by atoms with E-state index in [2.05, 4.69) is 4.72 Å². The van der Waals surface area contributed by atoms with Crippen LogP contribution in [0.3, 0.4) is 0 Å². The number of hydrogen-bond acceptors (Lipinski definition) is 4. The van der Waals surface area contributed by atoms with Crippen molar-refractivity contribution < 1.29 is 21.4 Å². The first-order valence-electron chi connectivity index (χ1n) is 5.28. The van der Waals surface area contributed by atoms with Gasteiger partial charge in [-0.25, -0.2) is 21.9 Å². The standard InChI is InChI=1S/C10H14F2N2O3S2/c1-18(15)4-2-3-14-19(16,17)9-6-7(13)5-8(11)10(9)12/h5-6,14H,2-4,13H2,1H3. The summed E-state index contributed by atoms with van der Waals surface area (Å²) in [5.41, 5.74) is 5.09. The van der Waals surface area contributed by atoms with Crippen LogP contribution < -0.4 is 10.5 Å². The third-order valence-corrected chi connectivity index (χ3v) is 4.53. The van der Waals surface area contributed by atoms with Crippen molar-refractivity contribution in [2.45, 2.75) is 11.3 Å². The Kier molecular flexibility index (Phi) is 5.39. The number of nitrogen functional groups attached to an aromatic ring is 1. The Hall–Kier alpha value is -1.06. The van der Waals surface area contributed by atoms with Crippen LogP contribution in [0.25, 0.3) is 0 Å². The second-order valence-corrected chi connectivity index (χ2v) is 7.13. The van der Waals surface area contributed by atoms with E-state index in [1.165, 1.54) is 6.26 Å². The summed E-state index contributed by atoms with van der Waals surface area (Å²) in [6.07, 6.45) is 1.82. The van der Waals surface area contributed by atoms with Gasteiger partial charge in [0.15, 0.2) is 11.6 Å². The van der Waals surface area contributed by atoms with Crippen LogP contribution in [0.2, 0.25) is 0 Å². The van der Waals surface area contributed by atoms with Crippen molar-refractivity contribution in [2.75, 3.05) is 24.3 Å². The van der Waals surface area contributed by atoms with Crippen LogP contribution in [-0.2, 0) is 20.8 Å². The van der Waals surface area contributed by atoms with Gasteiger partial charge in [0.25, 0.3) is 0 Å². The number of hydrogen-bond donors (Lipinski definition) is 2. The van der Waals surface area contributed by atoms with E-state index in [-0.39, 0.29) is 12.2 Å².